The molecule has 2 fully saturated rings. The van der Waals surface area contributed by atoms with E-state index < -0.39 is 0 Å². The van der Waals surface area contributed by atoms with Crippen LogP contribution in [0.2, 0.25) is 0 Å². The van der Waals surface area contributed by atoms with Crippen LogP contribution in [0.3, 0.4) is 0 Å². The maximum absolute atomic E-state index is 12.8. The fourth-order valence-corrected chi connectivity index (χ4v) is 4.03. The fraction of sp³-hybridized carbons (Fsp3) is 0.250. The first-order chi connectivity index (χ1) is 11.7. The molecule has 0 bridgehead atoms. The number of carbonyl (C=O) groups excluding carboxylic acids is 1. The van der Waals surface area contributed by atoms with Crippen LogP contribution in [0.15, 0.2) is 35.5 Å². The molecule has 0 atom stereocenters. The molecule has 1 amide bonds. The first-order valence-electron chi connectivity index (χ1n) is 7.54. The second-order valence-electron chi connectivity index (χ2n) is 5.33. The van der Waals surface area contributed by atoms with Gasteiger partial charge in [-0.3, -0.25) is 14.8 Å². The zero-order valence-corrected chi connectivity index (χ0v) is 14.3. The van der Waals surface area contributed by atoms with Gasteiger partial charge < -0.3 is 4.74 Å². The van der Waals surface area contributed by atoms with Crippen molar-refractivity contribution in [3.8, 4) is 0 Å². The summed E-state index contributed by atoms with van der Waals surface area (Å²) in [5.41, 5.74) is 2.44. The van der Waals surface area contributed by atoms with Crippen molar-refractivity contribution >= 4 is 51.3 Å². The lowest BCUT2D eigenvalue weighted by atomic mass is 10.1. The van der Waals surface area contributed by atoms with Crippen LogP contribution >= 0.6 is 24.0 Å². The number of ether oxygens (including phenoxy) is 1. The molecule has 0 radical (unpaired) electrons. The van der Waals surface area contributed by atoms with Crippen molar-refractivity contribution in [2.45, 2.75) is 0 Å². The summed E-state index contributed by atoms with van der Waals surface area (Å²) in [6.45, 7) is 2.54. The lowest BCUT2D eigenvalue weighted by Crippen LogP contribution is -2.50. The van der Waals surface area contributed by atoms with Gasteiger partial charge in [0.1, 0.15) is 0 Å². The van der Waals surface area contributed by atoms with Gasteiger partial charge in [-0.2, -0.15) is 0 Å². The Bertz CT molecular complexity index is 844. The summed E-state index contributed by atoms with van der Waals surface area (Å²) in [6.07, 6.45) is 5.15. The van der Waals surface area contributed by atoms with Crippen LogP contribution in [0, 0.1) is 0 Å². The molecule has 24 heavy (non-hydrogen) atoms. The topological polar surface area (TPSA) is 58.6 Å². The van der Waals surface area contributed by atoms with E-state index in [-0.39, 0.29) is 5.91 Å². The molecule has 0 spiro atoms. The third kappa shape index (κ3) is 2.82. The number of aromatic nitrogens is 2. The van der Waals surface area contributed by atoms with E-state index in [2.05, 4.69) is 9.97 Å². The van der Waals surface area contributed by atoms with Gasteiger partial charge in [-0.15, -0.1) is 0 Å². The smallest absolute Gasteiger partial charge is 0.280 e. The highest BCUT2D eigenvalue weighted by atomic mass is 32.2. The number of rotatable bonds is 2. The summed E-state index contributed by atoms with van der Waals surface area (Å²) in [5.74, 6) is -0.0900. The third-order valence-electron chi connectivity index (χ3n) is 3.86. The molecule has 3 heterocycles. The van der Waals surface area contributed by atoms with Crippen molar-refractivity contribution in [1.29, 1.82) is 0 Å². The number of amides is 1. The summed E-state index contributed by atoms with van der Waals surface area (Å²) in [6, 6.07) is 5.74. The summed E-state index contributed by atoms with van der Waals surface area (Å²) in [5, 5.41) is 3.54. The van der Waals surface area contributed by atoms with Crippen molar-refractivity contribution in [2.24, 2.45) is 0 Å². The molecule has 1 aromatic heterocycles. The fourth-order valence-electron chi connectivity index (χ4n) is 2.73. The minimum atomic E-state index is -0.0900. The lowest BCUT2D eigenvalue weighted by molar-refractivity contribution is -0.138. The summed E-state index contributed by atoms with van der Waals surface area (Å²) >= 11 is 6.72. The number of fused-ring (bicyclic) bond motifs is 1. The van der Waals surface area contributed by atoms with Crippen molar-refractivity contribution in [3.63, 3.8) is 0 Å². The molecule has 122 valence electrons. The first kappa shape index (κ1) is 15.6. The maximum atomic E-state index is 12.8. The van der Waals surface area contributed by atoms with Gasteiger partial charge >= 0.3 is 0 Å². The van der Waals surface area contributed by atoms with E-state index in [9.17, 15) is 4.79 Å². The average Bonchev–Trinajstić information content (AvgIpc) is 2.90. The molecule has 6 nitrogen and oxygen atoms in total. The Morgan fingerprint density at radius 2 is 2.00 bits per heavy atom. The zero-order chi connectivity index (χ0) is 16.5. The number of hydrazine groups is 1. The first-order valence-corrected chi connectivity index (χ1v) is 8.77. The van der Waals surface area contributed by atoms with Gasteiger partial charge in [0, 0.05) is 31.0 Å². The van der Waals surface area contributed by atoms with Crippen molar-refractivity contribution < 1.29 is 9.53 Å². The number of hydrogen-bond donors (Lipinski definition) is 0. The molecular formula is C16H14N4O2S2. The molecule has 0 N–H and O–H groups in total. The van der Waals surface area contributed by atoms with E-state index in [1.165, 1.54) is 11.8 Å². The van der Waals surface area contributed by atoms with E-state index >= 15 is 0 Å². The number of thiocarbonyl (C=S) groups is 1. The van der Waals surface area contributed by atoms with Crippen LogP contribution in [0.4, 0.5) is 0 Å². The number of thioether (sulfide) groups is 1. The third-order valence-corrected chi connectivity index (χ3v) is 5.14. The van der Waals surface area contributed by atoms with Gasteiger partial charge in [0.05, 0.1) is 29.2 Å². The van der Waals surface area contributed by atoms with E-state index in [0.29, 0.717) is 35.5 Å². The Morgan fingerprint density at radius 3 is 2.83 bits per heavy atom. The molecule has 0 aliphatic carbocycles. The van der Waals surface area contributed by atoms with Gasteiger partial charge in [0.15, 0.2) is 4.32 Å². The molecule has 8 heteroatoms. The van der Waals surface area contributed by atoms with E-state index in [1.54, 1.807) is 17.4 Å². The molecule has 2 aliphatic rings. The highest BCUT2D eigenvalue weighted by Gasteiger charge is 2.37. The summed E-state index contributed by atoms with van der Waals surface area (Å²) in [7, 11) is 0. The average molecular weight is 358 g/mol. The summed E-state index contributed by atoms with van der Waals surface area (Å²) in [4.78, 5) is 22.1. The lowest BCUT2D eigenvalue weighted by Gasteiger charge is -2.33. The largest absolute Gasteiger partial charge is 0.379 e. The van der Waals surface area contributed by atoms with Gasteiger partial charge in [0.25, 0.3) is 5.91 Å². The monoisotopic (exact) mass is 358 g/mol. The molecular weight excluding hydrogens is 344 g/mol. The molecule has 1 aromatic carbocycles. The van der Waals surface area contributed by atoms with Crippen molar-refractivity contribution in [3.05, 3.63) is 41.1 Å². The van der Waals surface area contributed by atoms with E-state index in [0.717, 1.165) is 16.6 Å². The highest BCUT2D eigenvalue weighted by molar-refractivity contribution is 8.26. The zero-order valence-electron chi connectivity index (χ0n) is 12.7. The highest BCUT2D eigenvalue weighted by Crippen LogP contribution is 2.34. The Hall–Kier alpha value is -1.87. The second-order valence-corrected chi connectivity index (χ2v) is 7.01. The molecule has 0 unspecified atom stereocenters. The number of para-hydroxylation sites is 1. The number of benzene rings is 1. The number of nitrogens with zero attached hydrogens (tertiary/aromatic N) is 4. The van der Waals surface area contributed by atoms with E-state index in [4.69, 9.17) is 17.0 Å². The van der Waals surface area contributed by atoms with Crippen LogP contribution in [-0.2, 0) is 9.53 Å². The quantitative estimate of drug-likeness (QED) is 0.602. The minimum absolute atomic E-state index is 0.0900. The predicted molar refractivity (Wildman–Crippen MR) is 96.9 cm³/mol. The number of carbonyl (C=O) groups is 1. The molecule has 2 aromatic rings. The Labute approximate surface area is 148 Å². The second kappa shape index (κ2) is 6.56. The minimum Gasteiger partial charge on any atom is -0.379 e. The Morgan fingerprint density at radius 1 is 1.21 bits per heavy atom. The Kier molecular flexibility index (Phi) is 4.28. The van der Waals surface area contributed by atoms with Crippen LogP contribution in [0.5, 0.6) is 0 Å². The van der Waals surface area contributed by atoms with Crippen LogP contribution in [0.1, 0.15) is 5.56 Å². The summed E-state index contributed by atoms with van der Waals surface area (Å²) < 4.78 is 5.90. The van der Waals surface area contributed by atoms with Crippen LogP contribution in [0.25, 0.3) is 17.1 Å². The number of morpholine rings is 1. The van der Waals surface area contributed by atoms with Gasteiger partial charge in [-0.05, 0) is 12.1 Å². The SMILES string of the molecule is O=C1C(=Cc2cccc3nccnc23)SC(=S)N1N1CCOCC1. The predicted octanol–water partition coefficient (Wildman–Crippen LogP) is 2.08. The van der Waals surface area contributed by atoms with E-state index in [1.807, 2.05) is 29.3 Å². The number of hydrogen-bond acceptors (Lipinski definition) is 7. The van der Waals surface area contributed by atoms with Crippen LogP contribution < -0.4 is 0 Å². The Balaban J connectivity index is 1.67. The maximum Gasteiger partial charge on any atom is 0.280 e. The molecule has 0 saturated carbocycles. The molecule has 2 saturated heterocycles. The standard InChI is InChI=1S/C16H14N4O2S2/c21-15-13(24-16(23)20(15)19-6-8-22-9-7-19)10-11-2-1-3-12-14(11)18-5-4-17-12/h1-5,10H,6-9H2. The van der Waals surface area contributed by atoms with Gasteiger partial charge in [-0.25, -0.2) is 10.0 Å². The van der Waals surface area contributed by atoms with Crippen molar-refractivity contribution in [2.75, 3.05) is 26.3 Å². The van der Waals surface area contributed by atoms with Gasteiger partial charge in [0.2, 0.25) is 0 Å². The van der Waals surface area contributed by atoms with Gasteiger partial charge in [-0.1, -0.05) is 36.1 Å². The van der Waals surface area contributed by atoms with Crippen molar-refractivity contribution in [1.82, 2.24) is 20.0 Å². The normalized spacial score (nSPS) is 21.2. The van der Waals surface area contributed by atoms with Crippen LogP contribution in [-0.4, -0.2) is 56.5 Å². The molecule has 4 rings (SSSR count). The molecule has 2 aliphatic heterocycles.